The number of nitrogens with zero attached hydrogens (tertiary/aromatic N) is 2. The lowest BCUT2D eigenvalue weighted by atomic mass is 10.1. The average molecular weight is 283 g/mol. The summed E-state index contributed by atoms with van der Waals surface area (Å²) in [6.45, 7) is 2.40. The number of hydrogen-bond acceptors (Lipinski definition) is 6. The molecule has 20 heavy (non-hydrogen) atoms. The highest BCUT2D eigenvalue weighted by Gasteiger charge is 2.18. The molecule has 1 rings (SSSR count). The van der Waals surface area contributed by atoms with Gasteiger partial charge in [0.05, 0.1) is 4.92 Å². The third kappa shape index (κ3) is 4.47. The number of carboxylic acid groups (broad SMARTS) is 1. The van der Waals surface area contributed by atoms with E-state index in [4.69, 9.17) is 10.2 Å². The van der Waals surface area contributed by atoms with E-state index in [-0.39, 0.29) is 29.7 Å². The molecule has 0 amide bonds. The van der Waals surface area contributed by atoms with Crippen LogP contribution in [0.3, 0.4) is 0 Å². The molecule has 8 heteroatoms. The van der Waals surface area contributed by atoms with E-state index in [1.165, 1.54) is 0 Å². The Morgan fingerprint density at radius 3 is 2.80 bits per heavy atom. The van der Waals surface area contributed by atoms with Crippen molar-refractivity contribution in [3.8, 4) is 0 Å². The molecule has 0 bridgehead atoms. The summed E-state index contributed by atoms with van der Waals surface area (Å²) in [5, 5.41) is 31.3. The van der Waals surface area contributed by atoms with Gasteiger partial charge < -0.3 is 15.5 Å². The maximum Gasteiger partial charge on any atom is 0.354 e. The second-order valence-corrected chi connectivity index (χ2v) is 4.48. The molecule has 1 atom stereocenters. The number of carbonyl (C=O) groups is 1. The topological polar surface area (TPSA) is 126 Å². The minimum Gasteiger partial charge on any atom is -0.477 e. The monoisotopic (exact) mass is 283 g/mol. The molecular formula is C12H17N3O5. The quantitative estimate of drug-likeness (QED) is 0.375. The molecule has 0 spiro atoms. The van der Waals surface area contributed by atoms with Gasteiger partial charge in [-0.15, -0.1) is 0 Å². The first kappa shape index (κ1) is 15.8. The number of nitro groups is 1. The predicted octanol–water partition coefficient (Wildman–Crippen LogP) is 1.51. The summed E-state index contributed by atoms with van der Waals surface area (Å²) in [6.07, 6.45) is 1.45. The maximum absolute atomic E-state index is 10.8. The summed E-state index contributed by atoms with van der Waals surface area (Å²) in [5.74, 6) is -1.13. The minimum atomic E-state index is -1.24. The molecule has 0 aromatic carbocycles. The molecule has 0 saturated heterocycles. The third-order valence-corrected chi connectivity index (χ3v) is 2.77. The first-order valence-corrected chi connectivity index (χ1v) is 6.19. The standard InChI is InChI=1S/C12H17N3O5/c1-8(7-16)3-2-6-13-11-10(15(19)20)5-4-9(14-11)12(17)18/h4-5,8,16H,2-3,6-7H2,1H3,(H,13,14)(H,17,18). The van der Waals surface area contributed by atoms with Crippen molar-refractivity contribution in [2.75, 3.05) is 18.5 Å². The van der Waals surface area contributed by atoms with E-state index in [0.29, 0.717) is 13.0 Å². The first-order valence-electron chi connectivity index (χ1n) is 6.19. The highest BCUT2D eigenvalue weighted by atomic mass is 16.6. The second-order valence-electron chi connectivity index (χ2n) is 4.48. The summed E-state index contributed by atoms with van der Waals surface area (Å²) < 4.78 is 0. The lowest BCUT2D eigenvalue weighted by Gasteiger charge is -2.09. The van der Waals surface area contributed by atoms with Crippen LogP contribution in [0, 0.1) is 16.0 Å². The maximum atomic E-state index is 10.8. The van der Waals surface area contributed by atoms with Gasteiger partial charge in [0.25, 0.3) is 0 Å². The van der Waals surface area contributed by atoms with Gasteiger partial charge in [-0.05, 0) is 24.8 Å². The van der Waals surface area contributed by atoms with E-state index >= 15 is 0 Å². The van der Waals surface area contributed by atoms with Crippen LogP contribution in [0.5, 0.6) is 0 Å². The summed E-state index contributed by atoms with van der Waals surface area (Å²) >= 11 is 0. The normalized spacial score (nSPS) is 11.9. The van der Waals surface area contributed by atoms with Crippen LogP contribution in [0.2, 0.25) is 0 Å². The van der Waals surface area contributed by atoms with Gasteiger partial charge in [-0.1, -0.05) is 6.92 Å². The average Bonchev–Trinajstić information content (AvgIpc) is 2.42. The largest absolute Gasteiger partial charge is 0.477 e. The van der Waals surface area contributed by atoms with Crippen LogP contribution >= 0.6 is 0 Å². The zero-order valence-electron chi connectivity index (χ0n) is 11.1. The highest BCUT2D eigenvalue weighted by molar-refractivity contribution is 5.86. The van der Waals surface area contributed by atoms with Crippen molar-refractivity contribution in [1.82, 2.24) is 4.98 Å². The first-order chi connectivity index (χ1) is 9.45. The van der Waals surface area contributed by atoms with Crippen LogP contribution in [-0.4, -0.2) is 39.2 Å². The van der Waals surface area contributed by atoms with Crippen LogP contribution in [0.1, 0.15) is 30.3 Å². The summed E-state index contributed by atoms with van der Waals surface area (Å²) in [6, 6.07) is 2.22. The number of pyridine rings is 1. The molecule has 0 fully saturated rings. The van der Waals surface area contributed by atoms with Gasteiger partial charge in [-0.2, -0.15) is 0 Å². The van der Waals surface area contributed by atoms with Crippen molar-refractivity contribution in [1.29, 1.82) is 0 Å². The highest BCUT2D eigenvalue weighted by Crippen LogP contribution is 2.22. The van der Waals surface area contributed by atoms with Gasteiger partial charge >= 0.3 is 11.7 Å². The molecule has 0 radical (unpaired) electrons. The van der Waals surface area contributed by atoms with Crippen LogP contribution in [0.4, 0.5) is 11.5 Å². The van der Waals surface area contributed by atoms with Gasteiger partial charge in [-0.3, -0.25) is 10.1 Å². The fraction of sp³-hybridized carbons (Fsp3) is 0.500. The Morgan fingerprint density at radius 1 is 1.55 bits per heavy atom. The smallest absolute Gasteiger partial charge is 0.354 e. The third-order valence-electron chi connectivity index (χ3n) is 2.77. The van der Waals surface area contributed by atoms with Gasteiger partial charge in [0.2, 0.25) is 5.82 Å². The van der Waals surface area contributed by atoms with Crippen LogP contribution in [0.15, 0.2) is 12.1 Å². The molecule has 1 unspecified atom stereocenters. The van der Waals surface area contributed by atoms with E-state index < -0.39 is 10.9 Å². The molecule has 110 valence electrons. The molecule has 3 N–H and O–H groups in total. The number of hydrogen-bond donors (Lipinski definition) is 3. The van der Waals surface area contributed by atoms with Crippen molar-refractivity contribution in [3.05, 3.63) is 27.9 Å². The second kappa shape index (κ2) is 7.39. The van der Waals surface area contributed by atoms with E-state index in [1.54, 1.807) is 0 Å². The number of aromatic nitrogens is 1. The van der Waals surface area contributed by atoms with Crippen molar-refractivity contribution in [2.24, 2.45) is 5.92 Å². The number of carboxylic acids is 1. The van der Waals surface area contributed by atoms with Gasteiger partial charge in [0, 0.05) is 19.2 Å². The lowest BCUT2D eigenvalue weighted by Crippen LogP contribution is -2.11. The van der Waals surface area contributed by atoms with Gasteiger partial charge in [0.1, 0.15) is 0 Å². The fourth-order valence-electron chi connectivity index (χ4n) is 1.60. The summed E-state index contributed by atoms with van der Waals surface area (Å²) in [5.41, 5.74) is -0.507. The van der Waals surface area contributed by atoms with Crippen molar-refractivity contribution < 1.29 is 19.9 Å². The van der Waals surface area contributed by atoms with Crippen molar-refractivity contribution in [2.45, 2.75) is 19.8 Å². The number of nitrogens with one attached hydrogen (secondary N) is 1. The molecule has 8 nitrogen and oxygen atoms in total. The molecule has 0 saturated carbocycles. The number of rotatable bonds is 8. The van der Waals surface area contributed by atoms with Crippen molar-refractivity contribution >= 4 is 17.5 Å². The molecular weight excluding hydrogens is 266 g/mol. The van der Waals surface area contributed by atoms with Crippen LogP contribution < -0.4 is 5.32 Å². The molecule has 1 aromatic rings. The summed E-state index contributed by atoms with van der Waals surface area (Å²) in [4.78, 5) is 24.8. The molecule has 0 aliphatic carbocycles. The van der Waals surface area contributed by atoms with Crippen molar-refractivity contribution in [3.63, 3.8) is 0 Å². The van der Waals surface area contributed by atoms with Crippen LogP contribution in [-0.2, 0) is 0 Å². The SMILES string of the molecule is CC(CO)CCCNc1nc(C(=O)O)ccc1[N+](=O)[O-]. The molecule has 1 heterocycles. The van der Waals surface area contributed by atoms with Gasteiger partial charge in [0.15, 0.2) is 5.69 Å². The number of aliphatic hydroxyl groups is 1. The summed E-state index contributed by atoms with van der Waals surface area (Å²) in [7, 11) is 0. The number of anilines is 1. The number of aromatic carboxylic acids is 1. The zero-order valence-corrected chi connectivity index (χ0v) is 11.1. The fourth-order valence-corrected chi connectivity index (χ4v) is 1.60. The Bertz CT molecular complexity index is 492. The molecule has 0 aliphatic rings. The number of aliphatic hydroxyl groups excluding tert-OH is 1. The zero-order chi connectivity index (χ0) is 15.1. The van der Waals surface area contributed by atoms with Gasteiger partial charge in [-0.25, -0.2) is 9.78 Å². The lowest BCUT2D eigenvalue weighted by molar-refractivity contribution is -0.384. The molecule has 1 aromatic heterocycles. The Morgan fingerprint density at radius 2 is 2.25 bits per heavy atom. The van der Waals surface area contributed by atoms with E-state index in [0.717, 1.165) is 18.6 Å². The Balaban J connectivity index is 2.73. The predicted molar refractivity (Wildman–Crippen MR) is 71.8 cm³/mol. The Hall–Kier alpha value is -2.22. The van der Waals surface area contributed by atoms with E-state index in [9.17, 15) is 14.9 Å². The Kier molecular flexibility index (Phi) is 5.85. The minimum absolute atomic E-state index is 0.0495. The Labute approximate surface area is 115 Å². The van der Waals surface area contributed by atoms with Crippen LogP contribution in [0.25, 0.3) is 0 Å². The van der Waals surface area contributed by atoms with E-state index in [2.05, 4.69) is 10.3 Å². The van der Waals surface area contributed by atoms with E-state index in [1.807, 2.05) is 6.92 Å². The molecule has 0 aliphatic heterocycles.